The fourth-order valence-corrected chi connectivity index (χ4v) is 8.09. The number of hydrogen-bond donors (Lipinski definition) is 2. The van der Waals surface area contributed by atoms with Gasteiger partial charge >= 0.3 is 6.03 Å². The van der Waals surface area contributed by atoms with Crippen LogP contribution in [0.15, 0.2) is 34.7 Å². The summed E-state index contributed by atoms with van der Waals surface area (Å²) in [5.41, 5.74) is 2.58. The predicted octanol–water partition coefficient (Wildman–Crippen LogP) is 4.05. The molecular weight excluding hydrogens is 524 g/mol. The maximum absolute atomic E-state index is 13.9. The van der Waals surface area contributed by atoms with E-state index in [1.807, 2.05) is 39.0 Å². The Morgan fingerprint density at radius 2 is 1.92 bits per heavy atom. The van der Waals surface area contributed by atoms with Gasteiger partial charge in [0.2, 0.25) is 14.2 Å². The molecule has 1 aliphatic heterocycles. The number of carbonyl (C=O) groups excluding carboxylic acids is 1. The van der Waals surface area contributed by atoms with Crippen LogP contribution in [0.3, 0.4) is 0 Å². The second-order valence-electron chi connectivity index (χ2n) is 9.73. The number of sulfone groups is 1. The fourth-order valence-electron chi connectivity index (χ4n) is 4.55. The van der Waals surface area contributed by atoms with Gasteiger partial charge in [0.25, 0.3) is 0 Å². The Morgan fingerprint density at radius 3 is 2.53 bits per heavy atom. The maximum Gasteiger partial charge on any atom is 0.319 e. The third-order valence-electron chi connectivity index (χ3n) is 7.04. The molecule has 10 nitrogen and oxygen atoms in total. The molecule has 0 radical (unpaired) electrons. The molecule has 1 saturated carbocycles. The van der Waals surface area contributed by atoms with Gasteiger partial charge in [-0.2, -0.15) is 0 Å². The molecule has 2 amide bonds. The van der Waals surface area contributed by atoms with Crippen LogP contribution in [0, 0.1) is 13.8 Å². The zero-order chi connectivity index (χ0) is 27.1. The molecule has 2 aromatic heterocycles. The third-order valence-corrected chi connectivity index (χ3v) is 11.0. The number of aryl methyl sites for hydroxylation is 2. The van der Waals surface area contributed by atoms with E-state index in [9.17, 15) is 13.2 Å². The van der Waals surface area contributed by atoms with Gasteiger partial charge < -0.3 is 20.3 Å². The second kappa shape index (κ2) is 10.2. The number of urea groups is 1. The molecule has 1 saturated heterocycles. The second-order valence-corrected chi connectivity index (χ2v) is 13.4. The average molecular weight is 557 g/mol. The zero-order valence-corrected chi connectivity index (χ0v) is 23.6. The summed E-state index contributed by atoms with van der Waals surface area (Å²) in [5, 5.41) is 5.48. The number of morpholine rings is 1. The lowest BCUT2D eigenvalue weighted by molar-refractivity contribution is 0.0985. The van der Waals surface area contributed by atoms with Crippen molar-refractivity contribution >= 4 is 38.7 Å². The van der Waals surface area contributed by atoms with Gasteiger partial charge in [0.05, 0.1) is 30.6 Å². The highest BCUT2D eigenvalue weighted by Crippen LogP contribution is 2.55. The highest BCUT2D eigenvalue weighted by Gasteiger charge is 2.59. The third kappa shape index (κ3) is 4.87. The molecule has 2 fully saturated rings. The van der Waals surface area contributed by atoms with Crippen LogP contribution in [0.1, 0.15) is 43.0 Å². The molecule has 0 spiro atoms. The van der Waals surface area contributed by atoms with Gasteiger partial charge in [-0.3, -0.25) is 0 Å². The monoisotopic (exact) mass is 556 g/mol. The summed E-state index contributed by atoms with van der Waals surface area (Å²) >= 11 is 1.22. The summed E-state index contributed by atoms with van der Waals surface area (Å²) in [4.78, 5) is 29.0. The number of hydrogen-bond acceptors (Lipinski definition) is 9. The molecule has 1 aliphatic carbocycles. The summed E-state index contributed by atoms with van der Waals surface area (Å²) in [6.45, 7) is 9.94. The van der Waals surface area contributed by atoms with Crippen molar-refractivity contribution in [2.75, 3.05) is 36.5 Å². The minimum atomic E-state index is -3.75. The van der Waals surface area contributed by atoms with E-state index in [0.717, 1.165) is 16.1 Å². The number of thiazole rings is 1. The highest BCUT2D eigenvalue weighted by molar-refractivity contribution is 7.94. The molecule has 202 valence electrons. The summed E-state index contributed by atoms with van der Waals surface area (Å²) in [5.74, 6) is 1.12. The van der Waals surface area contributed by atoms with Crippen molar-refractivity contribution in [2.24, 2.45) is 0 Å². The number of rotatable bonds is 7. The molecule has 1 aromatic carbocycles. The van der Waals surface area contributed by atoms with E-state index in [0.29, 0.717) is 62.2 Å². The molecule has 0 unspecified atom stereocenters. The number of ether oxygens (including phenoxy) is 1. The molecule has 1 atom stereocenters. The minimum Gasteiger partial charge on any atom is -0.377 e. The Kier molecular flexibility index (Phi) is 7.14. The predicted molar refractivity (Wildman–Crippen MR) is 147 cm³/mol. The van der Waals surface area contributed by atoms with Gasteiger partial charge in [0, 0.05) is 35.3 Å². The SMILES string of the molecule is CCNC(=O)Nc1ccc(-c2nc(N3CCOC[C@@H]3C)cc(C3(S(=O)(=O)c4nc(C)c(C)s4)CC3)n2)cc1. The van der Waals surface area contributed by atoms with Crippen LogP contribution >= 0.6 is 11.3 Å². The average Bonchev–Trinajstić information content (AvgIpc) is 3.65. The van der Waals surface area contributed by atoms with E-state index in [1.54, 1.807) is 12.1 Å². The first-order valence-corrected chi connectivity index (χ1v) is 15.0. The molecule has 5 rings (SSSR count). The van der Waals surface area contributed by atoms with E-state index in [4.69, 9.17) is 14.7 Å². The van der Waals surface area contributed by atoms with Crippen LogP contribution in [0.4, 0.5) is 16.3 Å². The van der Waals surface area contributed by atoms with E-state index in [2.05, 4.69) is 27.4 Å². The topological polar surface area (TPSA) is 126 Å². The Morgan fingerprint density at radius 1 is 1.18 bits per heavy atom. The van der Waals surface area contributed by atoms with E-state index >= 15 is 0 Å². The summed E-state index contributed by atoms with van der Waals surface area (Å²) in [6.07, 6.45) is 0.966. The molecule has 38 heavy (non-hydrogen) atoms. The first-order chi connectivity index (χ1) is 18.1. The van der Waals surface area contributed by atoms with Crippen LogP contribution in [0.25, 0.3) is 11.4 Å². The summed E-state index contributed by atoms with van der Waals surface area (Å²) in [6, 6.07) is 8.84. The number of aromatic nitrogens is 3. The van der Waals surface area contributed by atoms with Gasteiger partial charge in [0.1, 0.15) is 10.6 Å². The van der Waals surface area contributed by atoms with E-state index in [1.165, 1.54) is 11.3 Å². The van der Waals surface area contributed by atoms with Crippen molar-refractivity contribution in [3.63, 3.8) is 0 Å². The molecule has 0 bridgehead atoms. The number of nitrogens with one attached hydrogen (secondary N) is 2. The van der Waals surface area contributed by atoms with Crippen molar-refractivity contribution in [2.45, 2.75) is 55.7 Å². The van der Waals surface area contributed by atoms with Crippen molar-refractivity contribution in [3.05, 3.63) is 46.6 Å². The van der Waals surface area contributed by atoms with Crippen molar-refractivity contribution < 1.29 is 17.9 Å². The lowest BCUT2D eigenvalue weighted by Crippen LogP contribution is -2.44. The normalized spacial score (nSPS) is 18.7. The van der Waals surface area contributed by atoms with Crippen molar-refractivity contribution in [3.8, 4) is 11.4 Å². The molecule has 2 N–H and O–H groups in total. The molecule has 3 heterocycles. The van der Waals surface area contributed by atoms with Crippen LogP contribution in [-0.4, -0.2) is 61.7 Å². The Balaban J connectivity index is 1.57. The lowest BCUT2D eigenvalue weighted by atomic mass is 10.1. The number of benzene rings is 1. The van der Waals surface area contributed by atoms with Crippen molar-refractivity contribution in [1.29, 1.82) is 0 Å². The van der Waals surface area contributed by atoms with Crippen LogP contribution in [-0.2, 0) is 19.3 Å². The number of anilines is 2. The largest absolute Gasteiger partial charge is 0.377 e. The number of nitrogens with zero attached hydrogens (tertiary/aromatic N) is 4. The maximum atomic E-state index is 13.9. The van der Waals surface area contributed by atoms with Gasteiger partial charge in [-0.25, -0.2) is 28.2 Å². The number of carbonyl (C=O) groups is 1. The van der Waals surface area contributed by atoms with Crippen LogP contribution in [0.2, 0.25) is 0 Å². The van der Waals surface area contributed by atoms with Gasteiger partial charge in [-0.1, -0.05) is 0 Å². The zero-order valence-electron chi connectivity index (χ0n) is 21.9. The van der Waals surface area contributed by atoms with Crippen molar-refractivity contribution in [1.82, 2.24) is 20.3 Å². The number of amides is 2. The first kappa shape index (κ1) is 26.5. The Labute approximate surface area is 226 Å². The smallest absolute Gasteiger partial charge is 0.319 e. The van der Waals surface area contributed by atoms with Gasteiger partial charge in [-0.05, 0) is 64.8 Å². The van der Waals surface area contributed by atoms with E-state index < -0.39 is 14.6 Å². The molecule has 3 aromatic rings. The standard InChI is InChI=1S/C26H32N6O4S2/c1-5-27-24(33)29-20-8-6-19(7-9-20)23-30-21(14-22(31-23)32-12-13-36-15-16(32)2)26(10-11-26)38(34,35)25-28-17(3)18(4)37-25/h6-9,14,16H,5,10-13,15H2,1-4H3,(H2,27,29,33)/t16-/m0/s1. The first-order valence-electron chi connectivity index (χ1n) is 12.7. The molecule has 12 heteroatoms. The Hall–Kier alpha value is -3.09. The fraction of sp³-hybridized carbons (Fsp3) is 0.462. The summed E-state index contributed by atoms with van der Waals surface area (Å²) < 4.78 is 32.4. The summed E-state index contributed by atoms with van der Waals surface area (Å²) in [7, 11) is -3.75. The van der Waals surface area contributed by atoms with E-state index in [-0.39, 0.29) is 16.4 Å². The lowest BCUT2D eigenvalue weighted by Gasteiger charge is -2.34. The highest BCUT2D eigenvalue weighted by atomic mass is 32.2. The molecular formula is C26H32N6O4S2. The van der Waals surface area contributed by atoms with Gasteiger partial charge in [0.15, 0.2) is 5.82 Å². The Bertz CT molecular complexity index is 1430. The molecule has 2 aliphatic rings. The van der Waals surface area contributed by atoms with Crippen LogP contribution in [0.5, 0.6) is 0 Å². The minimum absolute atomic E-state index is 0.0824. The quantitative estimate of drug-likeness (QED) is 0.446. The van der Waals surface area contributed by atoms with Gasteiger partial charge in [-0.15, -0.1) is 11.3 Å². The van der Waals surface area contributed by atoms with Crippen LogP contribution < -0.4 is 15.5 Å².